The number of halogens is 14. The number of alkyl halides is 14. The van der Waals surface area contributed by atoms with E-state index in [-0.39, 0.29) is 11.5 Å². The Labute approximate surface area is 202 Å². The Kier molecular flexibility index (Phi) is 11.8. The second-order valence-electron chi connectivity index (χ2n) is 6.52. The van der Waals surface area contributed by atoms with E-state index in [1.807, 2.05) is 0 Å². The summed E-state index contributed by atoms with van der Waals surface area (Å²) in [6.07, 6.45) is -13.2. The van der Waals surface area contributed by atoms with E-state index in [0.717, 1.165) is 0 Å². The Balaban J connectivity index is 0. The molecule has 0 saturated carbocycles. The predicted octanol–water partition coefficient (Wildman–Crippen LogP) is 4.51. The predicted molar refractivity (Wildman–Crippen MR) is 94.5 cm³/mol. The maximum atomic E-state index is 12.2. The van der Waals surface area contributed by atoms with Crippen molar-refractivity contribution in [3.05, 3.63) is 24.3 Å². The SMILES string of the molecule is O=S(=O)(O)CC(F)(F)C(F)(F)C(F)(F)F.O=S(=O)(O)CC(F)(F)C(F)(F)C(F)(F)F.Oc1ccc(O)cc1. The van der Waals surface area contributed by atoms with Gasteiger partial charge in [0.1, 0.15) is 23.0 Å². The first-order chi connectivity index (χ1) is 16.2. The van der Waals surface area contributed by atoms with Crippen LogP contribution in [0.4, 0.5) is 61.5 Å². The topological polar surface area (TPSA) is 149 Å². The highest BCUT2D eigenvalue weighted by molar-refractivity contribution is 7.86. The average Bonchev–Trinajstić information content (AvgIpc) is 2.59. The minimum absolute atomic E-state index is 0.169. The quantitative estimate of drug-likeness (QED) is 0.202. The summed E-state index contributed by atoms with van der Waals surface area (Å²) in [6, 6.07) is 5.70. The van der Waals surface area contributed by atoms with Crippen molar-refractivity contribution in [2.45, 2.75) is 36.0 Å². The zero-order chi connectivity index (χ0) is 31.4. The molecular weight excluding hydrogens is 626 g/mol. The lowest BCUT2D eigenvalue weighted by Gasteiger charge is -2.26. The van der Waals surface area contributed by atoms with Gasteiger partial charge in [0, 0.05) is 0 Å². The lowest BCUT2D eigenvalue weighted by atomic mass is 10.2. The van der Waals surface area contributed by atoms with Crippen LogP contribution >= 0.6 is 0 Å². The monoisotopic (exact) mass is 638 g/mol. The lowest BCUT2D eigenvalue weighted by molar-refractivity contribution is -0.348. The summed E-state index contributed by atoms with van der Waals surface area (Å²) >= 11 is 0. The smallest absolute Gasteiger partial charge is 0.459 e. The highest BCUT2D eigenvalue weighted by atomic mass is 32.2. The van der Waals surface area contributed by atoms with Gasteiger partial charge in [0.15, 0.2) is 0 Å². The molecule has 0 heterocycles. The van der Waals surface area contributed by atoms with Gasteiger partial charge in [-0.15, -0.1) is 0 Å². The standard InChI is InChI=1S/C6H6O2.2C4H3F7O3S/c7-5-1-2-6(8)4-3-5;2*5-2(6,1-15(12,13)14)3(7,8)4(9,10)11/h1-4,7-8H;2*1H2,(H,12,13,14). The Bertz CT molecular complexity index is 1020. The second kappa shape index (κ2) is 11.8. The molecule has 1 rings (SSSR count). The molecule has 0 saturated heterocycles. The van der Waals surface area contributed by atoms with E-state index in [4.69, 9.17) is 19.3 Å². The molecule has 0 radical (unpaired) electrons. The first kappa shape index (κ1) is 37.8. The maximum absolute atomic E-state index is 12.2. The summed E-state index contributed by atoms with van der Waals surface area (Å²) in [7, 11) is -11.3. The first-order valence-electron chi connectivity index (χ1n) is 8.23. The van der Waals surface area contributed by atoms with Crippen LogP contribution in [0.25, 0.3) is 0 Å². The molecule has 0 bridgehead atoms. The summed E-state index contributed by atoms with van der Waals surface area (Å²) in [5.74, 6) is -30.6. The average molecular weight is 638 g/mol. The summed E-state index contributed by atoms with van der Waals surface area (Å²) in [4.78, 5) is 0. The Hall–Kier alpha value is -2.34. The van der Waals surface area contributed by atoms with Crippen LogP contribution in [-0.4, -0.2) is 83.7 Å². The van der Waals surface area contributed by atoms with Gasteiger partial charge in [0.05, 0.1) is 0 Å². The minimum Gasteiger partial charge on any atom is -0.508 e. The molecule has 1 aromatic rings. The third-order valence-electron chi connectivity index (χ3n) is 3.21. The zero-order valence-corrected chi connectivity index (χ0v) is 18.9. The zero-order valence-electron chi connectivity index (χ0n) is 17.3. The van der Waals surface area contributed by atoms with E-state index >= 15 is 0 Å². The highest BCUT2D eigenvalue weighted by Gasteiger charge is 2.74. The van der Waals surface area contributed by atoms with Gasteiger partial charge in [0.25, 0.3) is 20.2 Å². The van der Waals surface area contributed by atoms with Crippen molar-refractivity contribution in [3.8, 4) is 11.5 Å². The summed E-state index contributed by atoms with van der Waals surface area (Å²) in [6.45, 7) is 0. The molecule has 38 heavy (non-hydrogen) atoms. The van der Waals surface area contributed by atoms with E-state index in [1.165, 1.54) is 24.3 Å². The fourth-order valence-corrected chi connectivity index (χ4v) is 2.79. The van der Waals surface area contributed by atoms with Gasteiger partial charge >= 0.3 is 36.0 Å². The highest BCUT2D eigenvalue weighted by Crippen LogP contribution is 2.47. The van der Waals surface area contributed by atoms with Gasteiger partial charge < -0.3 is 10.2 Å². The van der Waals surface area contributed by atoms with Crippen molar-refractivity contribution in [1.82, 2.24) is 0 Å². The number of phenolic OH excluding ortho intramolecular Hbond substituents is 2. The number of phenols is 2. The minimum atomic E-state index is -6.61. The molecule has 0 fully saturated rings. The Morgan fingerprint density at radius 2 is 0.684 bits per heavy atom. The first-order valence-corrected chi connectivity index (χ1v) is 11.4. The van der Waals surface area contributed by atoms with E-state index in [1.54, 1.807) is 0 Å². The summed E-state index contributed by atoms with van der Waals surface area (Å²) in [5.41, 5.74) is 0. The van der Waals surface area contributed by atoms with Crippen LogP contribution in [0.5, 0.6) is 11.5 Å². The van der Waals surface area contributed by atoms with Crippen LogP contribution in [0.15, 0.2) is 24.3 Å². The molecule has 4 N–H and O–H groups in total. The van der Waals surface area contributed by atoms with E-state index in [0.29, 0.717) is 0 Å². The number of hydrogen-bond donors (Lipinski definition) is 4. The van der Waals surface area contributed by atoms with Gasteiger partial charge in [-0.2, -0.15) is 78.3 Å². The number of aromatic hydroxyl groups is 2. The molecule has 0 amide bonds. The largest absolute Gasteiger partial charge is 0.508 e. The van der Waals surface area contributed by atoms with E-state index < -0.39 is 67.8 Å². The van der Waals surface area contributed by atoms with Crippen molar-refractivity contribution < 1.29 is 97.6 Å². The second-order valence-corrected chi connectivity index (χ2v) is 9.43. The molecule has 0 aliphatic rings. The number of rotatable bonds is 6. The van der Waals surface area contributed by atoms with Crippen molar-refractivity contribution in [1.29, 1.82) is 0 Å². The fourth-order valence-electron chi connectivity index (χ4n) is 1.51. The molecular formula is C14H12F14O8S2. The van der Waals surface area contributed by atoms with Gasteiger partial charge in [-0.3, -0.25) is 9.11 Å². The van der Waals surface area contributed by atoms with Crippen molar-refractivity contribution in [2.75, 3.05) is 11.5 Å². The molecule has 24 heteroatoms. The number of benzene rings is 1. The summed E-state index contributed by atoms with van der Waals surface area (Å²) in [5, 5.41) is 17.3. The fraction of sp³-hybridized carbons (Fsp3) is 0.571. The van der Waals surface area contributed by atoms with Crippen molar-refractivity contribution in [2.24, 2.45) is 0 Å². The summed E-state index contributed by atoms with van der Waals surface area (Å²) < 4.78 is 220. The van der Waals surface area contributed by atoms with Gasteiger partial charge in [0.2, 0.25) is 0 Å². The molecule has 0 aromatic heterocycles. The molecule has 0 atom stereocenters. The van der Waals surface area contributed by atoms with Crippen LogP contribution in [0, 0.1) is 0 Å². The van der Waals surface area contributed by atoms with Crippen LogP contribution in [0.2, 0.25) is 0 Å². The van der Waals surface area contributed by atoms with Crippen molar-refractivity contribution >= 4 is 20.2 Å². The van der Waals surface area contributed by atoms with Gasteiger partial charge in [-0.25, -0.2) is 0 Å². The van der Waals surface area contributed by atoms with E-state index in [2.05, 4.69) is 0 Å². The molecule has 0 aliphatic heterocycles. The Morgan fingerprint density at radius 1 is 0.500 bits per heavy atom. The van der Waals surface area contributed by atoms with Gasteiger partial charge in [-0.05, 0) is 24.3 Å². The molecule has 226 valence electrons. The number of hydrogen-bond acceptors (Lipinski definition) is 6. The molecule has 0 aliphatic carbocycles. The molecule has 1 aromatic carbocycles. The third kappa shape index (κ3) is 11.6. The lowest BCUT2D eigenvalue weighted by Crippen LogP contribution is -2.55. The molecule has 8 nitrogen and oxygen atoms in total. The van der Waals surface area contributed by atoms with Crippen LogP contribution in [-0.2, 0) is 20.2 Å². The third-order valence-corrected chi connectivity index (χ3v) is 4.66. The van der Waals surface area contributed by atoms with Gasteiger partial charge in [-0.1, -0.05) is 0 Å². The van der Waals surface area contributed by atoms with Crippen LogP contribution in [0.1, 0.15) is 0 Å². The normalized spacial score (nSPS) is 14.1. The maximum Gasteiger partial charge on any atom is 0.459 e. The van der Waals surface area contributed by atoms with E-state index in [9.17, 15) is 78.3 Å². The van der Waals surface area contributed by atoms with Crippen LogP contribution in [0.3, 0.4) is 0 Å². The molecule has 0 spiro atoms. The van der Waals surface area contributed by atoms with Crippen molar-refractivity contribution in [3.63, 3.8) is 0 Å². The molecule has 0 unspecified atom stereocenters. The van der Waals surface area contributed by atoms with Crippen LogP contribution < -0.4 is 0 Å². The Morgan fingerprint density at radius 3 is 0.816 bits per heavy atom.